The molecule has 2 heterocycles. The second kappa shape index (κ2) is 9.06. The minimum atomic E-state index is -1.70. The molecule has 0 unspecified atom stereocenters. The number of hydrogen-bond acceptors (Lipinski definition) is 4. The predicted molar refractivity (Wildman–Crippen MR) is 128 cm³/mol. The second-order valence-electron chi connectivity index (χ2n) is 9.90. The van der Waals surface area contributed by atoms with E-state index in [1.54, 1.807) is 0 Å². The number of nitrogens with one attached hydrogen (secondary N) is 1. The molecule has 0 aromatic carbocycles. The molecule has 162 valence electrons. The number of halogens is 1. The van der Waals surface area contributed by atoms with Crippen LogP contribution < -0.4 is 5.32 Å². The van der Waals surface area contributed by atoms with Crippen molar-refractivity contribution in [1.82, 2.24) is 14.5 Å². The molecule has 1 saturated carbocycles. The van der Waals surface area contributed by atoms with Crippen LogP contribution in [0.25, 0.3) is 11.0 Å². The molecular formula is C22H37BrN4OSi. The molecule has 3 rings (SSSR count). The predicted octanol–water partition coefficient (Wildman–Crippen LogP) is 6.91. The van der Waals surface area contributed by atoms with E-state index < -0.39 is 8.32 Å². The van der Waals surface area contributed by atoms with E-state index in [1.165, 1.54) is 0 Å². The SMILES string of the molecule is CCCCNc1ncc2c(Br)cn(C3CCC(O[Si](C)(C)C(C)(C)C)CC3)c2n1. The van der Waals surface area contributed by atoms with Crippen LogP contribution in [0.2, 0.25) is 18.1 Å². The molecule has 1 aliphatic carbocycles. The van der Waals surface area contributed by atoms with Gasteiger partial charge in [-0.25, -0.2) is 4.98 Å². The lowest BCUT2D eigenvalue weighted by Crippen LogP contribution is -2.44. The van der Waals surface area contributed by atoms with Crippen molar-refractivity contribution in [1.29, 1.82) is 0 Å². The summed E-state index contributed by atoms with van der Waals surface area (Å²) in [6.45, 7) is 14.8. The second-order valence-corrected chi connectivity index (χ2v) is 15.5. The van der Waals surface area contributed by atoms with Gasteiger partial charge in [0.15, 0.2) is 8.32 Å². The van der Waals surface area contributed by atoms with Crippen molar-refractivity contribution in [3.63, 3.8) is 0 Å². The van der Waals surface area contributed by atoms with Crippen molar-refractivity contribution in [3.8, 4) is 0 Å². The van der Waals surface area contributed by atoms with E-state index in [9.17, 15) is 0 Å². The van der Waals surface area contributed by atoms with Gasteiger partial charge >= 0.3 is 0 Å². The van der Waals surface area contributed by atoms with Crippen LogP contribution in [0.5, 0.6) is 0 Å². The topological polar surface area (TPSA) is 52.0 Å². The van der Waals surface area contributed by atoms with E-state index >= 15 is 0 Å². The van der Waals surface area contributed by atoms with Crippen molar-refractivity contribution < 1.29 is 4.43 Å². The van der Waals surface area contributed by atoms with Crippen molar-refractivity contribution in [2.24, 2.45) is 0 Å². The zero-order valence-corrected chi connectivity index (χ0v) is 21.5. The first-order valence-electron chi connectivity index (χ1n) is 11.1. The van der Waals surface area contributed by atoms with Crippen LogP contribution >= 0.6 is 15.9 Å². The fourth-order valence-corrected chi connectivity index (χ4v) is 5.69. The largest absolute Gasteiger partial charge is 0.414 e. The quantitative estimate of drug-likeness (QED) is 0.345. The van der Waals surface area contributed by atoms with Crippen LogP contribution in [-0.2, 0) is 4.43 Å². The number of nitrogens with zero attached hydrogens (tertiary/aromatic N) is 3. The van der Waals surface area contributed by atoms with Gasteiger partial charge in [0.05, 0.1) is 5.39 Å². The monoisotopic (exact) mass is 480 g/mol. The molecule has 29 heavy (non-hydrogen) atoms. The molecule has 0 radical (unpaired) electrons. The third-order valence-electron chi connectivity index (χ3n) is 6.64. The summed E-state index contributed by atoms with van der Waals surface area (Å²) in [5.74, 6) is 0.729. The van der Waals surface area contributed by atoms with Gasteiger partial charge in [-0.3, -0.25) is 0 Å². The van der Waals surface area contributed by atoms with Gasteiger partial charge in [-0.2, -0.15) is 4.98 Å². The summed E-state index contributed by atoms with van der Waals surface area (Å²) in [5.41, 5.74) is 1.03. The van der Waals surface area contributed by atoms with E-state index in [2.05, 4.69) is 77.8 Å². The lowest BCUT2D eigenvalue weighted by Gasteiger charge is -2.41. The van der Waals surface area contributed by atoms with Crippen LogP contribution in [0, 0.1) is 0 Å². The fraction of sp³-hybridized carbons (Fsp3) is 0.727. The van der Waals surface area contributed by atoms with E-state index in [4.69, 9.17) is 9.41 Å². The van der Waals surface area contributed by atoms with Crippen LogP contribution in [0.4, 0.5) is 5.95 Å². The normalized spacial score (nSPS) is 20.9. The van der Waals surface area contributed by atoms with Crippen LogP contribution in [0.1, 0.15) is 72.3 Å². The molecule has 5 nitrogen and oxygen atoms in total. The van der Waals surface area contributed by atoms with Gasteiger partial charge in [0.1, 0.15) is 5.65 Å². The van der Waals surface area contributed by atoms with Gasteiger partial charge in [-0.05, 0) is 66.2 Å². The Hall–Kier alpha value is -0.923. The smallest absolute Gasteiger partial charge is 0.224 e. The molecule has 0 atom stereocenters. The molecule has 7 heteroatoms. The summed E-state index contributed by atoms with van der Waals surface area (Å²) in [4.78, 5) is 9.33. The van der Waals surface area contributed by atoms with E-state index in [0.717, 1.165) is 66.5 Å². The molecule has 2 aromatic heterocycles. The number of fused-ring (bicyclic) bond motifs is 1. The number of unbranched alkanes of at least 4 members (excludes halogenated alkanes) is 1. The third kappa shape index (κ3) is 5.23. The summed E-state index contributed by atoms with van der Waals surface area (Å²) >= 11 is 3.71. The lowest BCUT2D eigenvalue weighted by molar-refractivity contribution is 0.119. The highest BCUT2D eigenvalue weighted by atomic mass is 79.9. The van der Waals surface area contributed by atoms with E-state index in [-0.39, 0.29) is 5.04 Å². The third-order valence-corrected chi connectivity index (χ3v) is 11.8. The van der Waals surface area contributed by atoms with Crippen molar-refractivity contribution in [3.05, 3.63) is 16.9 Å². The van der Waals surface area contributed by atoms with Gasteiger partial charge in [0.25, 0.3) is 0 Å². The first kappa shape index (κ1) is 22.8. The van der Waals surface area contributed by atoms with Crippen LogP contribution in [-0.4, -0.2) is 35.5 Å². The van der Waals surface area contributed by atoms with Crippen molar-refractivity contribution in [2.75, 3.05) is 11.9 Å². The highest BCUT2D eigenvalue weighted by Gasteiger charge is 2.40. The first-order valence-corrected chi connectivity index (χ1v) is 14.8. The number of rotatable bonds is 7. The fourth-order valence-electron chi connectivity index (χ4n) is 3.77. The van der Waals surface area contributed by atoms with Gasteiger partial charge in [-0.1, -0.05) is 34.1 Å². The molecule has 1 fully saturated rings. The molecule has 1 aliphatic rings. The molecular weight excluding hydrogens is 444 g/mol. The summed E-state index contributed by atoms with van der Waals surface area (Å²) in [6, 6.07) is 0.474. The standard InChI is InChI=1S/C22H37BrN4OSi/c1-7-8-13-24-21-25-14-18-19(23)15-27(20(18)26-21)16-9-11-17(12-10-16)28-29(5,6)22(2,3)4/h14-17H,7-13H2,1-6H3,(H,24,25,26). The lowest BCUT2D eigenvalue weighted by atomic mass is 9.93. The Morgan fingerprint density at radius 2 is 1.93 bits per heavy atom. The molecule has 0 spiro atoms. The summed E-state index contributed by atoms with van der Waals surface area (Å²) in [6.07, 6.45) is 11.3. The number of anilines is 1. The van der Waals surface area contributed by atoms with Gasteiger partial charge in [-0.15, -0.1) is 0 Å². The first-order chi connectivity index (χ1) is 13.6. The van der Waals surface area contributed by atoms with Crippen molar-refractivity contribution in [2.45, 2.75) is 96.5 Å². The zero-order valence-electron chi connectivity index (χ0n) is 18.9. The highest BCUT2D eigenvalue weighted by Crippen LogP contribution is 2.41. The summed E-state index contributed by atoms with van der Waals surface area (Å²) < 4.78 is 10.1. The Bertz CT molecular complexity index is 822. The minimum absolute atomic E-state index is 0.267. The molecule has 0 aliphatic heterocycles. The maximum absolute atomic E-state index is 6.68. The minimum Gasteiger partial charge on any atom is -0.414 e. The molecule has 1 N–H and O–H groups in total. The van der Waals surface area contributed by atoms with Crippen molar-refractivity contribution >= 4 is 41.2 Å². The maximum atomic E-state index is 6.68. The average Bonchev–Trinajstić information content (AvgIpc) is 2.98. The Kier molecular flexibility index (Phi) is 7.11. The molecule has 0 saturated heterocycles. The van der Waals surface area contributed by atoms with Crippen LogP contribution in [0.15, 0.2) is 16.9 Å². The summed E-state index contributed by atoms with van der Waals surface area (Å²) in [7, 11) is -1.70. The number of hydrogen-bond donors (Lipinski definition) is 1. The molecule has 0 amide bonds. The Morgan fingerprint density at radius 1 is 1.24 bits per heavy atom. The van der Waals surface area contributed by atoms with Gasteiger partial charge < -0.3 is 14.3 Å². The van der Waals surface area contributed by atoms with E-state index in [1.807, 2.05) is 6.20 Å². The average molecular weight is 482 g/mol. The summed E-state index contributed by atoms with van der Waals surface area (Å²) in [5, 5.41) is 4.71. The van der Waals surface area contributed by atoms with Gasteiger partial charge in [0.2, 0.25) is 5.95 Å². The Morgan fingerprint density at radius 3 is 2.55 bits per heavy atom. The van der Waals surface area contributed by atoms with Crippen LogP contribution in [0.3, 0.4) is 0 Å². The highest BCUT2D eigenvalue weighted by molar-refractivity contribution is 9.10. The Labute approximate surface area is 185 Å². The number of aromatic nitrogens is 3. The maximum Gasteiger partial charge on any atom is 0.224 e. The van der Waals surface area contributed by atoms with Gasteiger partial charge in [0, 0.05) is 35.6 Å². The molecule has 0 bridgehead atoms. The molecule has 2 aromatic rings. The Balaban J connectivity index is 1.71. The zero-order chi connectivity index (χ0) is 21.2. The van der Waals surface area contributed by atoms with E-state index in [0.29, 0.717) is 12.1 Å².